The molecule has 1 aliphatic rings. The Hall–Kier alpha value is -0.940. The van der Waals surface area contributed by atoms with Crippen molar-refractivity contribution in [3.05, 3.63) is 16.1 Å². The fourth-order valence-corrected chi connectivity index (χ4v) is 2.99. The first kappa shape index (κ1) is 10.6. The van der Waals surface area contributed by atoms with Crippen LogP contribution in [0.5, 0.6) is 0 Å². The molecule has 5 heteroatoms. The topological polar surface area (TPSA) is 51.2 Å². The predicted octanol–water partition coefficient (Wildman–Crippen LogP) is 0.928. The van der Waals surface area contributed by atoms with Gasteiger partial charge in [-0.1, -0.05) is 0 Å². The number of hydrogen-bond donors (Lipinski definition) is 1. The molecule has 0 amide bonds. The van der Waals surface area contributed by atoms with Crippen molar-refractivity contribution in [2.45, 2.75) is 12.8 Å². The first-order valence-electron chi connectivity index (χ1n) is 4.92. The number of aromatic nitrogens is 1. The Morgan fingerprint density at radius 3 is 3.07 bits per heavy atom. The maximum absolute atomic E-state index is 11.6. The molecular formula is C10H14N2O2S. The lowest BCUT2D eigenvalue weighted by atomic mass is 9.94. The van der Waals surface area contributed by atoms with Gasteiger partial charge in [-0.05, 0) is 6.92 Å². The molecule has 1 aliphatic heterocycles. The van der Waals surface area contributed by atoms with Gasteiger partial charge >= 0.3 is 5.97 Å². The molecule has 1 aromatic heterocycles. The summed E-state index contributed by atoms with van der Waals surface area (Å²) in [5.41, 5.74) is 2.86. The van der Waals surface area contributed by atoms with E-state index in [0.29, 0.717) is 6.54 Å². The first-order valence-corrected chi connectivity index (χ1v) is 5.80. The van der Waals surface area contributed by atoms with Crippen LogP contribution in [-0.4, -0.2) is 31.2 Å². The number of rotatable bonds is 2. The molecule has 2 heterocycles. The number of nitrogens with one attached hydrogen (secondary N) is 1. The van der Waals surface area contributed by atoms with E-state index in [-0.39, 0.29) is 17.8 Å². The third kappa shape index (κ3) is 1.89. The van der Waals surface area contributed by atoms with Crippen molar-refractivity contribution in [3.8, 4) is 0 Å². The summed E-state index contributed by atoms with van der Waals surface area (Å²) in [5.74, 6) is 0.0388. The first-order chi connectivity index (χ1) is 7.24. The van der Waals surface area contributed by atoms with Gasteiger partial charge in [0.25, 0.3) is 0 Å². The van der Waals surface area contributed by atoms with Crippen LogP contribution in [0.4, 0.5) is 0 Å². The van der Waals surface area contributed by atoms with Gasteiger partial charge in [-0.3, -0.25) is 4.79 Å². The molecule has 2 unspecified atom stereocenters. The molecular weight excluding hydrogens is 212 g/mol. The zero-order chi connectivity index (χ0) is 10.8. The molecule has 1 aromatic rings. The third-order valence-corrected chi connectivity index (χ3v) is 3.90. The van der Waals surface area contributed by atoms with Crippen LogP contribution in [0.15, 0.2) is 5.51 Å². The normalized spacial score (nSPS) is 25.5. The Morgan fingerprint density at radius 2 is 2.47 bits per heavy atom. The molecule has 82 valence electrons. The van der Waals surface area contributed by atoms with Crippen molar-refractivity contribution in [1.29, 1.82) is 0 Å². The van der Waals surface area contributed by atoms with Crippen molar-refractivity contribution >= 4 is 17.3 Å². The number of esters is 1. The van der Waals surface area contributed by atoms with Crippen molar-refractivity contribution in [1.82, 2.24) is 10.3 Å². The molecule has 0 aromatic carbocycles. The van der Waals surface area contributed by atoms with Crippen LogP contribution in [0.25, 0.3) is 0 Å². The van der Waals surface area contributed by atoms with Crippen LogP contribution in [0.2, 0.25) is 0 Å². The number of ether oxygens (including phenoxy) is 1. The van der Waals surface area contributed by atoms with E-state index in [0.717, 1.165) is 12.2 Å². The second-order valence-electron chi connectivity index (χ2n) is 3.70. The summed E-state index contributed by atoms with van der Waals surface area (Å²) in [4.78, 5) is 17.0. The zero-order valence-electron chi connectivity index (χ0n) is 8.82. The fourth-order valence-electron chi connectivity index (χ4n) is 2.02. The molecule has 15 heavy (non-hydrogen) atoms. The van der Waals surface area contributed by atoms with E-state index in [1.165, 1.54) is 12.0 Å². The fraction of sp³-hybridized carbons (Fsp3) is 0.600. The van der Waals surface area contributed by atoms with E-state index in [1.807, 2.05) is 12.4 Å². The molecule has 0 aliphatic carbocycles. The van der Waals surface area contributed by atoms with Gasteiger partial charge in [0, 0.05) is 23.9 Å². The van der Waals surface area contributed by atoms with Crippen molar-refractivity contribution < 1.29 is 9.53 Å². The standard InChI is InChI=1S/C10H14N2O2S/c1-6-9(15-5-12-6)7-3-11-4-8(7)10(13)14-2/h5,7-8,11H,3-4H2,1-2H3. The molecule has 2 rings (SSSR count). The highest BCUT2D eigenvalue weighted by Gasteiger charge is 2.36. The van der Waals surface area contributed by atoms with Crippen LogP contribution >= 0.6 is 11.3 Å². The second kappa shape index (κ2) is 4.28. The van der Waals surface area contributed by atoms with Gasteiger partial charge in [0.2, 0.25) is 0 Å². The monoisotopic (exact) mass is 226 g/mol. The van der Waals surface area contributed by atoms with E-state index in [9.17, 15) is 4.79 Å². The largest absolute Gasteiger partial charge is 0.469 e. The van der Waals surface area contributed by atoms with Crippen LogP contribution < -0.4 is 5.32 Å². The van der Waals surface area contributed by atoms with Gasteiger partial charge in [0.1, 0.15) is 0 Å². The molecule has 1 saturated heterocycles. The molecule has 0 saturated carbocycles. The lowest BCUT2D eigenvalue weighted by molar-refractivity contribution is -0.145. The second-order valence-corrected chi connectivity index (χ2v) is 4.58. The number of methoxy groups -OCH3 is 1. The van der Waals surface area contributed by atoms with Crippen molar-refractivity contribution in [2.24, 2.45) is 5.92 Å². The summed E-state index contributed by atoms with van der Waals surface area (Å²) in [6.45, 7) is 3.52. The molecule has 0 bridgehead atoms. The molecule has 1 N–H and O–H groups in total. The highest BCUT2D eigenvalue weighted by atomic mass is 32.1. The summed E-state index contributed by atoms with van der Waals surface area (Å²) in [6.07, 6.45) is 0. The lowest BCUT2D eigenvalue weighted by Crippen LogP contribution is -2.22. The van der Waals surface area contributed by atoms with E-state index in [4.69, 9.17) is 4.74 Å². The molecule has 2 atom stereocenters. The van der Waals surface area contributed by atoms with Gasteiger partial charge in [0.15, 0.2) is 0 Å². The summed E-state index contributed by atoms with van der Waals surface area (Å²) in [7, 11) is 1.44. The highest BCUT2D eigenvalue weighted by Crippen LogP contribution is 2.33. The number of hydrogen-bond acceptors (Lipinski definition) is 5. The number of aryl methyl sites for hydroxylation is 1. The smallest absolute Gasteiger partial charge is 0.310 e. The summed E-state index contributed by atoms with van der Waals surface area (Å²) in [6, 6.07) is 0. The van der Waals surface area contributed by atoms with Gasteiger partial charge in [-0.25, -0.2) is 4.98 Å². The average molecular weight is 226 g/mol. The van der Waals surface area contributed by atoms with Crippen LogP contribution in [0.1, 0.15) is 16.5 Å². The van der Waals surface area contributed by atoms with Gasteiger partial charge in [-0.2, -0.15) is 0 Å². The Balaban J connectivity index is 2.22. The lowest BCUT2D eigenvalue weighted by Gasteiger charge is -2.15. The average Bonchev–Trinajstić information content (AvgIpc) is 2.84. The van der Waals surface area contributed by atoms with Gasteiger partial charge < -0.3 is 10.1 Å². The summed E-state index contributed by atoms with van der Waals surface area (Å²) < 4.78 is 4.81. The third-order valence-electron chi connectivity index (χ3n) is 2.84. The predicted molar refractivity (Wildman–Crippen MR) is 58.0 cm³/mol. The SMILES string of the molecule is COC(=O)C1CNCC1c1scnc1C. The minimum absolute atomic E-state index is 0.0610. The number of carbonyl (C=O) groups excluding carboxylic acids is 1. The Bertz CT molecular complexity index is 364. The van der Waals surface area contributed by atoms with Crippen molar-refractivity contribution in [2.75, 3.05) is 20.2 Å². The van der Waals surface area contributed by atoms with E-state index in [1.54, 1.807) is 11.3 Å². The molecule has 1 fully saturated rings. The number of thiazole rings is 1. The quantitative estimate of drug-likeness (QED) is 0.762. The highest BCUT2D eigenvalue weighted by molar-refractivity contribution is 7.09. The van der Waals surface area contributed by atoms with E-state index in [2.05, 4.69) is 10.3 Å². The van der Waals surface area contributed by atoms with Gasteiger partial charge in [-0.15, -0.1) is 11.3 Å². The number of carbonyl (C=O) groups is 1. The minimum Gasteiger partial charge on any atom is -0.469 e. The van der Waals surface area contributed by atoms with E-state index < -0.39 is 0 Å². The van der Waals surface area contributed by atoms with Gasteiger partial charge in [0.05, 0.1) is 24.2 Å². The minimum atomic E-state index is -0.127. The molecule has 4 nitrogen and oxygen atoms in total. The summed E-state index contributed by atoms with van der Waals surface area (Å²) >= 11 is 1.62. The number of nitrogens with zero attached hydrogens (tertiary/aromatic N) is 1. The maximum atomic E-state index is 11.6. The van der Waals surface area contributed by atoms with Crippen LogP contribution in [-0.2, 0) is 9.53 Å². The van der Waals surface area contributed by atoms with Crippen molar-refractivity contribution in [3.63, 3.8) is 0 Å². The van der Waals surface area contributed by atoms with E-state index >= 15 is 0 Å². The molecule has 0 spiro atoms. The van der Waals surface area contributed by atoms with Crippen LogP contribution in [0.3, 0.4) is 0 Å². The molecule has 0 radical (unpaired) electrons. The Morgan fingerprint density at radius 1 is 1.67 bits per heavy atom. The maximum Gasteiger partial charge on any atom is 0.310 e. The Kier molecular flexibility index (Phi) is 3.02. The summed E-state index contributed by atoms with van der Waals surface area (Å²) in [5, 5.41) is 3.23. The van der Waals surface area contributed by atoms with Crippen LogP contribution in [0, 0.1) is 12.8 Å². The zero-order valence-corrected chi connectivity index (χ0v) is 9.63. The Labute approximate surface area is 92.7 Å².